The van der Waals surface area contributed by atoms with Gasteiger partial charge in [0.2, 0.25) is 0 Å². The second kappa shape index (κ2) is 4.02. The highest BCUT2D eigenvalue weighted by Crippen LogP contribution is 2.28. The Bertz CT molecular complexity index is 372. The van der Waals surface area contributed by atoms with E-state index in [1.54, 1.807) is 11.8 Å². The topological polar surface area (TPSA) is 28.7 Å². The third-order valence-corrected chi connectivity index (χ3v) is 3.81. The number of nitrogens with one attached hydrogen (secondary N) is 1. The highest BCUT2D eigenvalue weighted by atomic mass is 32.2. The van der Waals surface area contributed by atoms with Crippen molar-refractivity contribution in [3.8, 4) is 0 Å². The molecule has 0 amide bonds. The molecule has 13 heavy (non-hydrogen) atoms. The van der Waals surface area contributed by atoms with Crippen LogP contribution in [0.3, 0.4) is 0 Å². The van der Waals surface area contributed by atoms with Crippen molar-refractivity contribution in [3.05, 3.63) is 21.7 Å². The normalized spacial score (nSPS) is 14.5. The summed E-state index contributed by atoms with van der Waals surface area (Å²) in [6.45, 7) is 0. The molecule has 0 unspecified atom stereocenters. The van der Waals surface area contributed by atoms with Crippen molar-refractivity contribution in [1.29, 1.82) is 0 Å². The molecule has 1 N–H and O–H groups in total. The summed E-state index contributed by atoms with van der Waals surface area (Å²) >= 11 is 8.89. The molecule has 0 aliphatic carbocycles. The average molecular weight is 230 g/mol. The maximum atomic E-state index is 5.23. The van der Waals surface area contributed by atoms with Crippen molar-refractivity contribution in [2.24, 2.45) is 0 Å². The van der Waals surface area contributed by atoms with Crippen molar-refractivity contribution in [2.45, 2.75) is 17.3 Å². The van der Waals surface area contributed by atoms with Crippen molar-refractivity contribution in [3.63, 3.8) is 0 Å². The summed E-state index contributed by atoms with van der Waals surface area (Å²) in [5.41, 5.74) is 2.53. The zero-order valence-electron chi connectivity index (χ0n) is 7.29. The van der Waals surface area contributed by atoms with E-state index in [9.17, 15) is 0 Å². The quantitative estimate of drug-likeness (QED) is 0.791. The number of H-pyrrole nitrogens is 1. The molecule has 0 aromatic carbocycles. The van der Waals surface area contributed by atoms with Crippen LogP contribution in [-0.2, 0) is 17.3 Å². The Morgan fingerprint density at radius 1 is 1.62 bits per heavy atom. The molecule has 0 saturated carbocycles. The number of aromatic amines is 1. The molecule has 5 heteroatoms. The molecular weight excluding hydrogens is 220 g/mol. The first kappa shape index (κ1) is 9.55. The highest BCUT2D eigenvalue weighted by Gasteiger charge is 2.14. The largest absolute Gasteiger partial charge is 0.345 e. The zero-order valence-corrected chi connectivity index (χ0v) is 9.74. The van der Waals surface area contributed by atoms with E-state index < -0.39 is 0 Å². The van der Waals surface area contributed by atoms with Crippen molar-refractivity contribution >= 4 is 35.7 Å². The van der Waals surface area contributed by atoms with Gasteiger partial charge in [-0.15, -0.1) is 0 Å². The van der Waals surface area contributed by atoms with E-state index in [1.165, 1.54) is 11.3 Å². The van der Waals surface area contributed by atoms with Crippen molar-refractivity contribution in [1.82, 2.24) is 9.97 Å². The zero-order chi connectivity index (χ0) is 9.26. The number of thioether (sulfide) groups is 2. The first-order chi connectivity index (χ1) is 6.31. The molecule has 0 radical (unpaired) electrons. The summed E-state index contributed by atoms with van der Waals surface area (Å²) in [5.74, 6) is 4.01. The Hall–Kier alpha value is -0.000000000000000111. The van der Waals surface area contributed by atoms with Gasteiger partial charge in [-0.2, -0.15) is 23.5 Å². The fourth-order valence-electron chi connectivity index (χ4n) is 1.33. The highest BCUT2D eigenvalue weighted by molar-refractivity contribution is 7.98. The van der Waals surface area contributed by atoms with Crippen LogP contribution in [0, 0.1) is 4.64 Å². The number of rotatable bonds is 2. The van der Waals surface area contributed by atoms with Gasteiger partial charge in [0.1, 0.15) is 10.5 Å². The smallest absolute Gasteiger partial charge is 0.134 e. The van der Waals surface area contributed by atoms with E-state index in [0.717, 1.165) is 27.7 Å². The lowest BCUT2D eigenvalue weighted by molar-refractivity contribution is 0.964. The lowest BCUT2D eigenvalue weighted by Crippen LogP contribution is -1.99. The van der Waals surface area contributed by atoms with Gasteiger partial charge in [-0.1, -0.05) is 12.2 Å². The van der Waals surface area contributed by atoms with Gasteiger partial charge in [0, 0.05) is 22.8 Å². The maximum absolute atomic E-state index is 5.23. The van der Waals surface area contributed by atoms with Crippen LogP contribution in [0.25, 0.3) is 0 Å². The average Bonchev–Trinajstić information content (AvgIpc) is 2.53. The standard InChI is InChI=1S/C8H10N2S3/c1-12-4-7-9-6-3-13-2-5(6)8(11)10-7/h2-4H2,1H3,(H,9,10,11). The molecule has 70 valence electrons. The number of aromatic nitrogens is 2. The van der Waals surface area contributed by atoms with E-state index in [2.05, 4.69) is 16.2 Å². The second-order valence-corrected chi connectivity index (χ2v) is 5.11. The second-order valence-electron chi connectivity index (χ2n) is 2.87. The minimum absolute atomic E-state index is 0.794. The SMILES string of the molecule is CSCc1nc(=S)c2c([nH]1)CSC2. The Labute approximate surface area is 90.9 Å². The molecule has 2 rings (SSSR count). The van der Waals surface area contributed by atoms with E-state index >= 15 is 0 Å². The van der Waals surface area contributed by atoms with Gasteiger partial charge < -0.3 is 4.98 Å². The fourth-order valence-corrected chi connectivity index (χ4v) is 3.20. The predicted molar refractivity (Wildman–Crippen MR) is 61.6 cm³/mol. The van der Waals surface area contributed by atoms with Crippen LogP contribution < -0.4 is 0 Å². The van der Waals surface area contributed by atoms with Gasteiger partial charge in [0.15, 0.2) is 0 Å². The number of fused-ring (bicyclic) bond motifs is 1. The van der Waals surface area contributed by atoms with E-state index in [-0.39, 0.29) is 0 Å². The maximum Gasteiger partial charge on any atom is 0.134 e. The molecule has 0 atom stereocenters. The molecule has 0 saturated heterocycles. The van der Waals surface area contributed by atoms with Crippen LogP contribution in [0.4, 0.5) is 0 Å². The van der Waals surface area contributed by atoms with E-state index in [4.69, 9.17) is 12.2 Å². The monoisotopic (exact) mass is 230 g/mol. The van der Waals surface area contributed by atoms with Crippen LogP contribution in [0.15, 0.2) is 0 Å². The third kappa shape index (κ3) is 1.92. The third-order valence-electron chi connectivity index (χ3n) is 1.93. The van der Waals surface area contributed by atoms with Gasteiger partial charge in [0.25, 0.3) is 0 Å². The first-order valence-corrected chi connectivity index (χ1v) is 6.94. The molecule has 1 aliphatic rings. The lowest BCUT2D eigenvalue weighted by Gasteiger charge is -2.02. The predicted octanol–water partition coefficient (Wildman–Crippen LogP) is 2.75. The van der Waals surface area contributed by atoms with Gasteiger partial charge in [0.05, 0.1) is 5.75 Å². The summed E-state index contributed by atoms with van der Waals surface area (Å²) in [4.78, 5) is 7.71. The Balaban J connectivity index is 2.44. The molecule has 2 heterocycles. The first-order valence-electron chi connectivity index (χ1n) is 3.99. The minimum atomic E-state index is 0.794. The Morgan fingerprint density at radius 2 is 2.46 bits per heavy atom. The molecule has 0 spiro atoms. The van der Waals surface area contributed by atoms with E-state index in [0.29, 0.717) is 0 Å². The number of nitrogens with zero attached hydrogens (tertiary/aromatic N) is 1. The van der Waals surface area contributed by atoms with Crippen LogP contribution in [0.1, 0.15) is 17.1 Å². The van der Waals surface area contributed by atoms with Gasteiger partial charge in [-0.05, 0) is 6.26 Å². The summed E-state index contributed by atoms with van der Waals surface area (Å²) < 4.78 is 0.794. The van der Waals surface area contributed by atoms with Gasteiger partial charge in [-0.25, -0.2) is 4.98 Å². The molecule has 1 aromatic heterocycles. The number of hydrogen-bond acceptors (Lipinski definition) is 4. The summed E-state index contributed by atoms with van der Waals surface area (Å²) in [7, 11) is 0. The van der Waals surface area contributed by atoms with Crippen molar-refractivity contribution < 1.29 is 0 Å². The Morgan fingerprint density at radius 3 is 3.23 bits per heavy atom. The Kier molecular flexibility index (Phi) is 2.96. The van der Waals surface area contributed by atoms with Crippen LogP contribution in [0.2, 0.25) is 0 Å². The van der Waals surface area contributed by atoms with Crippen LogP contribution in [0.5, 0.6) is 0 Å². The lowest BCUT2D eigenvalue weighted by atomic mass is 10.3. The van der Waals surface area contributed by atoms with Gasteiger partial charge in [-0.3, -0.25) is 0 Å². The molecule has 2 nitrogen and oxygen atoms in total. The summed E-state index contributed by atoms with van der Waals surface area (Å²) in [6, 6.07) is 0. The minimum Gasteiger partial charge on any atom is -0.345 e. The summed E-state index contributed by atoms with van der Waals surface area (Å²) in [5, 5.41) is 0. The fraction of sp³-hybridized carbons (Fsp3) is 0.500. The van der Waals surface area contributed by atoms with E-state index in [1.807, 2.05) is 11.8 Å². The molecule has 0 fully saturated rings. The van der Waals surface area contributed by atoms with Crippen LogP contribution in [-0.4, -0.2) is 16.2 Å². The van der Waals surface area contributed by atoms with Gasteiger partial charge >= 0.3 is 0 Å². The van der Waals surface area contributed by atoms with Crippen LogP contribution >= 0.6 is 35.7 Å². The van der Waals surface area contributed by atoms with Crippen molar-refractivity contribution in [2.75, 3.05) is 6.26 Å². The molecule has 1 aromatic rings. The molecule has 0 bridgehead atoms. The molecule has 1 aliphatic heterocycles. The number of hydrogen-bond donors (Lipinski definition) is 1. The molecular formula is C8H10N2S3. The summed E-state index contributed by atoms with van der Waals surface area (Å²) in [6.07, 6.45) is 2.07.